The largest absolute Gasteiger partial charge is 0.507 e. The number of halogens is 3. The summed E-state index contributed by atoms with van der Waals surface area (Å²) in [5.74, 6) is 2.93. The van der Waals surface area contributed by atoms with Crippen LogP contribution < -0.4 is 4.31 Å². The Kier molecular flexibility index (Phi) is 5.98. The summed E-state index contributed by atoms with van der Waals surface area (Å²) in [5.41, 5.74) is 0.736. The predicted molar refractivity (Wildman–Crippen MR) is 127 cm³/mol. The third kappa shape index (κ3) is 4.70. The summed E-state index contributed by atoms with van der Waals surface area (Å²) in [6, 6.07) is 24.1. The van der Waals surface area contributed by atoms with E-state index in [1.807, 2.05) is 12.1 Å². The molecule has 0 unspecified atom stereocenters. The average Bonchev–Trinajstić information content (AvgIpc) is 2.79. The molecule has 1 N–H and O–H groups in total. The lowest BCUT2D eigenvalue weighted by atomic mass is 9.94. The second kappa shape index (κ2) is 8.76. The maximum absolute atomic E-state index is 13.2. The fourth-order valence-electron chi connectivity index (χ4n) is 3.60. The van der Waals surface area contributed by atoms with Crippen LogP contribution in [0.25, 0.3) is 21.9 Å². The summed E-state index contributed by atoms with van der Waals surface area (Å²) in [4.78, 5) is 0. The third-order valence-corrected chi connectivity index (χ3v) is 6.12. The van der Waals surface area contributed by atoms with Crippen LogP contribution in [0, 0.1) is 12.0 Å². The zero-order valence-corrected chi connectivity index (χ0v) is 18.7. The Labute approximate surface area is 194 Å². The van der Waals surface area contributed by atoms with Gasteiger partial charge in [-0.1, -0.05) is 54.6 Å². The summed E-state index contributed by atoms with van der Waals surface area (Å²) in [6.07, 6.45) is -3.75. The lowest BCUT2D eigenvalue weighted by Gasteiger charge is -2.17. The zero-order chi connectivity index (χ0) is 24.5. The van der Waals surface area contributed by atoms with E-state index in [1.165, 1.54) is 6.07 Å². The molecular weight excluding hydrogens is 463 g/mol. The Morgan fingerprint density at radius 1 is 0.824 bits per heavy atom. The van der Waals surface area contributed by atoms with Crippen molar-refractivity contribution in [2.24, 2.45) is 0 Å². The Morgan fingerprint density at radius 2 is 1.50 bits per heavy atom. The maximum Gasteiger partial charge on any atom is 0.416 e. The Bertz CT molecular complexity index is 1550. The van der Waals surface area contributed by atoms with E-state index in [0.29, 0.717) is 20.8 Å². The highest BCUT2D eigenvalue weighted by atomic mass is 32.2. The van der Waals surface area contributed by atoms with Gasteiger partial charge in [0.05, 0.1) is 17.5 Å². The molecule has 0 fully saturated rings. The molecule has 4 aromatic rings. The quantitative estimate of drug-likeness (QED) is 0.288. The number of benzene rings is 4. The van der Waals surface area contributed by atoms with E-state index in [9.17, 15) is 26.7 Å². The van der Waals surface area contributed by atoms with Crippen molar-refractivity contribution in [2.75, 3.05) is 10.6 Å². The molecule has 0 atom stereocenters. The standard InChI is InChI=1S/C26H18F3NO3S/c1-34(32,33)30(20-9-6-8-19(17-20)26(27,28)29)16-15-18-7-2-3-10-21(18)23-13-14-25(31)24-12-5-4-11-22(23)24/h2-14,17,31H,1H3. The van der Waals surface area contributed by atoms with Crippen LogP contribution in [-0.4, -0.2) is 19.8 Å². The van der Waals surface area contributed by atoms with Crippen LogP contribution >= 0.6 is 0 Å². The van der Waals surface area contributed by atoms with Crippen LogP contribution in [0.15, 0.2) is 84.9 Å². The Balaban J connectivity index is 1.85. The average molecular weight is 481 g/mol. The van der Waals surface area contributed by atoms with Gasteiger partial charge in [-0.05, 0) is 52.8 Å². The smallest absolute Gasteiger partial charge is 0.416 e. The molecule has 4 nitrogen and oxygen atoms in total. The lowest BCUT2D eigenvalue weighted by Crippen LogP contribution is -2.25. The molecule has 0 amide bonds. The van der Waals surface area contributed by atoms with Crippen molar-refractivity contribution < 1.29 is 26.7 Å². The number of aromatic hydroxyl groups is 1. The molecule has 8 heteroatoms. The highest BCUT2D eigenvalue weighted by Gasteiger charge is 2.31. The molecule has 0 aliphatic heterocycles. The van der Waals surface area contributed by atoms with Gasteiger partial charge in [-0.25, -0.2) is 8.42 Å². The topological polar surface area (TPSA) is 57.6 Å². The van der Waals surface area contributed by atoms with Crippen molar-refractivity contribution in [3.05, 3.63) is 96.1 Å². The highest BCUT2D eigenvalue weighted by Crippen LogP contribution is 2.35. The number of sulfonamides is 1. The fourth-order valence-corrected chi connectivity index (χ4v) is 4.31. The van der Waals surface area contributed by atoms with Crippen molar-refractivity contribution >= 4 is 26.5 Å². The monoisotopic (exact) mass is 481 g/mol. The van der Waals surface area contributed by atoms with Gasteiger partial charge in [0, 0.05) is 17.0 Å². The van der Waals surface area contributed by atoms with E-state index < -0.39 is 21.8 Å². The van der Waals surface area contributed by atoms with Gasteiger partial charge >= 0.3 is 6.18 Å². The molecule has 0 aromatic heterocycles. The minimum atomic E-state index is -4.63. The second-order valence-corrected chi connectivity index (χ2v) is 9.37. The lowest BCUT2D eigenvalue weighted by molar-refractivity contribution is -0.137. The number of anilines is 1. The van der Waals surface area contributed by atoms with Gasteiger partial charge < -0.3 is 5.11 Å². The van der Waals surface area contributed by atoms with E-state index in [1.54, 1.807) is 48.5 Å². The highest BCUT2D eigenvalue weighted by molar-refractivity contribution is 7.92. The maximum atomic E-state index is 13.2. The second-order valence-electron chi connectivity index (χ2n) is 7.54. The molecule has 0 saturated carbocycles. The first-order valence-corrected chi connectivity index (χ1v) is 11.9. The van der Waals surface area contributed by atoms with Crippen LogP contribution in [0.2, 0.25) is 0 Å². The molecule has 0 radical (unpaired) electrons. The number of alkyl halides is 3. The molecule has 0 saturated heterocycles. The van der Waals surface area contributed by atoms with Gasteiger partial charge in [0.1, 0.15) is 5.75 Å². The normalized spacial score (nSPS) is 11.6. The number of hydrogen-bond donors (Lipinski definition) is 1. The third-order valence-electron chi connectivity index (χ3n) is 5.15. The number of phenols is 1. The van der Waals surface area contributed by atoms with Gasteiger partial charge in [0.25, 0.3) is 0 Å². The fraction of sp³-hybridized carbons (Fsp3) is 0.0769. The van der Waals surface area contributed by atoms with E-state index in [4.69, 9.17) is 0 Å². The van der Waals surface area contributed by atoms with Crippen LogP contribution in [0.5, 0.6) is 5.75 Å². The molecule has 0 aliphatic rings. The molecule has 4 aromatic carbocycles. The summed E-state index contributed by atoms with van der Waals surface area (Å²) >= 11 is 0. The summed E-state index contributed by atoms with van der Waals surface area (Å²) in [6.45, 7) is 0. The molecule has 34 heavy (non-hydrogen) atoms. The van der Waals surface area contributed by atoms with Crippen LogP contribution in [0.4, 0.5) is 18.9 Å². The molecular formula is C26H18F3NO3S. The van der Waals surface area contributed by atoms with Crippen molar-refractivity contribution in [3.8, 4) is 28.8 Å². The van der Waals surface area contributed by atoms with E-state index in [0.717, 1.165) is 35.4 Å². The number of nitrogens with zero attached hydrogens (tertiary/aromatic N) is 1. The van der Waals surface area contributed by atoms with Gasteiger partial charge in [-0.3, -0.25) is 0 Å². The van der Waals surface area contributed by atoms with Crippen LogP contribution in [0.3, 0.4) is 0 Å². The predicted octanol–water partition coefficient (Wildman–Crippen LogP) is 6.01. The molecule has 0 spiro atoms. The molecule has 172 valence electrons. The summed E-state index contributed by atoms with van der Waals surface area (Å²) < 4.78 is 64.9. The van der Waals surface area contributed by atoms with Crippen molar-refractivity contribution in [3.63, 3.8) is 0 Å². The first-order chi connectivity index (χ1) is 16.1. The first-order valence-electron chi connectivity index (χ1n) is 10.0. The van der Waals surface area contributed by atoms with Crippen molar-refractivity contribution in [2.45, 2.75) is 6.18 Å². The van der Waals surface area contributed by atoms with Gasteiger partial charge in [-0.2, -0.15) is 17.5 Å². The molecule has 0 aliphatic carbocycles. The molecule has 0 bridgehead atoms. The first kappa shape index (κ1) is 23.2. The zero-order valence-electron chi connectivity index (χ0n) is 17.8. The number of rotatable bonds is 3. The molecule has 4 rings (SSSR count). The van der Waals surface area contributed by atoms with Crippen LogP contribution in [-0.2, 0) is 16.2 Å². The van der Waals surface area contributed by atoms with Gasteiger partial charge in [-0.15, -0.1) is 0 Å². The summed E-state index contributed by atoms with van der Waals surface area (Å²) in [5, 5.41) is 11.6. The van der Waals surface area contributed by atoms with Gasteiger partial charge in [0.2, 0.25) is 10.0 Å². The minimum Gasteiger partial charge on any atom is -0.507 e. The Hall–Kier alpha value is -3.96. The van der Waals surface area contributed by atoms with E-state index >= 15 is 0 Å². The van der Waals surface area contributed by atoms with Crippen LogP contribution in [0.1, 0.15) is 11.1 Å². The minimum absolute atomic E-state index is 0.121. The number of hydrogen-bond acceptors (Lipinski definition) is 3. The SMILES string of the molecule is CS(=O)(=O)N(C#Cc1ccccc1-c1ccc(O)c2ccccc12)c1cccc(C(F)(F)F)c1. The number of fused-ring (bicyclic) bond motifs is 1. The van der Waals surface area contributed by atoms with Crippen molar-refractivity contribution in [1.82, 2.24) is 0 Å². The summed E-state index contributed by atoms with van der Waals surface area (Å²) in [7, 11) is -4.01. The van der Waals surface area contributed by atoms with E-state index in [2.05, 4.69) is 12.0 Å². The van der Waals surface area contributed by atoms with Crippen molar-refractivity contribution in [1.29, 1.82) is 0 Å². The molecule has 0 heterocycles. The number of phenolic OH excluding ortho intramolecular Hbond substituents is 1. The Morgan fingerprint density at radius 3 is 2.21 bits per heavy atom. The van der Waals surface area contributed by atoms with E-state index in [-0.39, 0.29) is 11.4 Å². The van der Waals surface area contributed by atoms with Gasteiger partial charge in [0.15, 0.2) is 0 Å².